The molecule has 0 saturated carbocycles. The standard InChI is InChI=1S/C10H22S/c1-5-10(9(3)4)7-8-11-6-2/h9-10H,5-8H2,1-4H3. The van der Waals surface area contributed by atoms with Crippen molar-refractivity contribution in [2.75, 3.05) is 11.5 Å². The van der Waals surface area contributed by atoms with E-state index in [4.69, 9.17) is 0 Å². The van der Waals surface area contributed by atoms with Crippen LogP contribution in [0.15, 0.2) is 0 Å². The van der Waals surface area contributed by atoms with Gasteiger partial charge in [-0.2, -0.15) is 11.8 Å². The molecule has 0 radical (unpaired) electrons. The maximum absolute atomic E-state index is 2.34. The van der Waals surface area contributed by atoms with Crippen molar-refractivity contribution in [1.29, 1.82) is 0 Å². The van der Waals surface area contributed by atoms with Crippen LogP contribution in [0.1, 0.15) is 40.5 Å². The summed E-state index contributed by atoms with van der Waals surface area (Å²) in [6.07, 6.45) is 2.76. The summed E-state index contributed by atoms with van der Waals surface area (Å²) in [6.45, 7) is 9.22. The molecule has 0 saturated heterocycles. The Labute approximate surface area is 76.1 Å². The van der Waals surface area contributed by atoms with E-state index in [0.717, 1.165) is 11.8 Å². The van der Waals surface area contributed by atoms with Gasteiger partial charge < -0.3 is 0 Å². The van der Waals surface area contributed by atoms with E-state index in [0.29, 0.717) is 0 Å². The van der Waals surface area contributed by atoms with E-state index in [-0.39, 0.29) is 0 Å². The molecule has 1 heteroatoms. The van der Waals surface area contributed by atoms with Gasteiger partial charge in [-0.05, 0) is 29.8 Å². The van der Waals surface area contributed by atoms with Crippen molar-refractivity contribution in [3.05, 3.63) is 0 Å². The summed E-state index contributed by atoms with van der Waals surface area (Å²) in [5.74, 6) is 4.45. The van der Waals surface area contributed by atoms with E-state index in [2.05, 4.69) is 39.5 Å². The Morgan fingerprint density at radius 3 is 2.18 bits per heavy atom. The molecule has 0 nitrogen and oxygen atoms in total. The monoisotopic (exact) mass is 174 g/mol. The molecule has 0 aromatic rings. The normalized spacial score (nSPS) is 13.9. The van der Waals surface area contributed by atoms with E-state index in [9.17, 15) is 0 Å². The summed E-state index contributed by atoms with van der Waals surface area (Å²) in [5, 5.41) is 0. The summed E-state index contributed by atoms with van der Waals surface area (Å²) in [4.78, 5) is 0. The Balaban J connectivity index is 3.36. The summed E-state index contributed by atoms with van der Waals surface area (Å²) in [7, 11) is 0. The summed E-state index contributed by atoms with van der Waals surface area (Å²) >= 11 is 2.07. The highest BCUT2D eigenvalue weighted by Gasteiger charge is 2.09. The molecule has 1 atom stereocenters. The van der Waals surface area contributed by atoms with E-state index in [1.54, 1.807) is 0 Å². The van der Waals surface area contributed by atoms with Crippen molar-refractivity contribution in [2.24, 2.45) is 11.8 Å². The minimum atomic E-state index is 0.873. The maximum atomic E-state index is 2.34. The van der Waals surface area contributed by atoms with Crippen LogP contribution in [-0.2, 0) is 0 Å². The average Bonchev–Trinajstić information content (AvgIpc) is 1.97. The van der Waals surface area contributed by atoms with Gasteiger partial charge in [-0.15, -0.1) is 0 Å². The SMILES string of the molecule is CCSCCC(CC)C(C)C. The van der Waals surface area contributed by atoms with Crippen LogP contribution in [0, 0.1) is 11.8 Å². The van der Waals surface area contributed by atoms with E-state index < -0.39 is 0 Å². The van der Waals surface area contributed by atoms with Crippen molar-refractivity contribution in [3.63, 3.8) is 0 Å². The summed E-state index contributed by atoms with van der Waals surface area (Å²) in [6, 6.07) is 0. The summed E-state index contributed by atoms with van der Waals surface area (Å²) in [5.41, 5.74) is 0. The third-order valence-corrected chi connectivity index (χ3v) is 3.24. The highest BCUT2D eigenvalue weighted by molar-refractivity contribution is 7.99. The second-order valence-electron chi connectivity index (χ2n) is 3.40. The highest BCUT2D eigenvalue weighted by atomic mass is 32.2. The molecule has 0 spiro atoms. The van der Waals surface area contributed by atoms with Gasteiger partial charge >= 0.3 is 0 Å². The van der Waals surface area contributed by atoms with Crippen LogP contribution in [0.4, 0.5) is 0 Å². The zero-order valence-electron chi connectivity index (χ0n) is 8.39. The summed E-state index contributed by atoms with van der Waals surface area (Å²) < 4.78 is 0. The van der Waals surface area contributed by atoms with Crippen molar-refractivity contribution in [3.8, 4) is 0 Å². The quantitative estimate of drug-likeness (QED) is 0.552. The zero-order valence-corrected chi connectivity index (χ0v) is 9.21. The molecule has 0 heterocycles. The molecule has 68 valence electrons. The molecule has 0 rings (SSSR count). The van der Waals surface area contributed by atoms with Gasteiger partial charge in [0.15, 0.2) is 0 Å². The minimum absolute atomic E-state index is 0.873. The Morgan fingerprint density at radius 1 is 1.18 bits per heavy atom. The lowest BCUT2D eigenvalue weighted by Crippen LogP contribution is -2.08. The van der Waals surface area contributed by atoms with Gasteiger partial charge in [-0.1, -0.05) is 34.1 Å². The lowest BCUT2D eigenvalue weighted by molar-refractivity contribution is 0.364. The Kier molecular flexibility index (Phi) is 7.25. The fraction of sp³-hybridized carbons (Fsp3) is 1.00. The molecule has 0 fully saturated rings. The Bertz CT molecular complexity index is 78.9. The Morgan fingerprint density at radius 2 is 1.82 bits per heavy atom. The molecule has 0 N–H and O–H groups in total. The molecule has 1 unspecified atom stereocenters. The van der Waals surface area contributed by atoms with E-state index >= 15 is 0 Å². The minimum Gasteiger partial charge on any atom is -0.162 e. The largest absolute Gasteiger partial charge is 0.162 e. The molecule has 0 aromatic heterocycles. The van der Waals surface area contributed by atoms with Gasteiger partial charge in [-0.25, -0.2) is 0 Å². The van der Waals surface area contributed by atoms with Crippen molar-refractivity contribution in [1.82, 2.24) is 0 Å². The van der Waals surface area contributed by atoms with Crippen molar-refractivity contribution in [2.45, 2.75) is 40.5 Å². The van der Waals surface area contributed by atoms with Crippen molar-refractivity contribution < 1.29 is 0 Å². The third-order valence-electron chi connectivity index (χ3n) is 2.30. The molecule has 0 aliphatic carbocycles. The van der Waals surface area contributed by atoms with Crippen LogP contribution in [0.2, 0.25) is 0 Å². The number of hydrogen-bond donors (Lipinski definition) is 0. The second-order valence-corrected chi connectivity index (χ2v) is 4.79. The molecule has 0 bridgehead atoms. The molecule has 0 aliphatic rings. The predicted octanol–water partition coefficient (Wildman–Crippen LogP) is 3.81. The molecule has 11 heavy (non-hydrogen) atoms. The maximum Gasteiger partial charge on any atom is -0.00649 e. The van der Waals surface area contributed by atoms with Gasteiger partial charge in [0.2, 0.25) is 0 Å². The molecular weight excluding hydrogens is 152 g/mol. The highest BCUT2D eigenvalue weighted by Crippen LogP contribution is 2.20. The second kappa shape index (κ2) is 7.02. The smallest absolute Gasteiger partial charge is 0.00649 e. The van der Waals surface area contributed by atoms with Gasteiger partial charge in [-0.3, -0.25) is 0 Å². The zero-order chi connectivity index (χ0) is 8.69. The molecule has 0 aliphatic heterocycles. The fourth-order valence-corrected chi connectivity index (χ4v) is 2.15. The molecular formula is C10H22S. The van der Waals surface area contributed by atoms with Crippen molar-refractivity contribution >= 4 is 11.8 Å². The average molecular weight is 174 g/mol. The lowest BCUT2D eigenvalue weighted by Gasteiger charge is -2.18. The van der Waals surface area contributed by atoms with Crippen LogP contribution < -0.4 is 0 Å². The van der Waals surface area contributed by atoms with Crippen LogP contribution in [-0.4, -0.2) is 11.5 Å². The third kappa shape index (κ3) is 5.60. The first kappa shape index (κ1) is 11.4. The number of rotatable bonds is 6. The van der Waals surface area contributed by atoms with E-state index in [1.807, 2.05) is 0 Å². The topological polar surface area (TPSA) is 0 Å². The van der Waals surface area contributed by atoms with Crippen LogP contribution in [0.25, 0.3) is 0 Å². The van der Waals surface area contributed by atoms with E-state index in [1.165, 1.54) is 24.3 Å². The van der Waals surface area contributed by atoms with Crippen LogP contribution in [0.3, 0.4) is 0 Å². The molecule has 0 amide bonds. The predicted molar refractivity (Wildman–Crippen MR) is 56.2 cm³/mol. The Hall–Kier alpha value is 0.350. The first-order chi connectivity index (χ1) is 5.22. The van der Waals surface area contributed by atoms with Gasteiger partial charge in [0.1, 0.15) is 0 Å². The van der Waals surface area contributed by atoms with Gasteiger partial charge in [0.25, 0.3) is 0 Å². The van der Waals surface area contributed by atoms with Crippen LogP contribution in [0.5, 0.6) is 0 Å². The van der Waals surface area contributed by atoms with Gasteiger partial charge in [0.05, 0.1) is 0 Å². The molecule has 0 aromatic carbocycles. The number of hydrogen-bond acceptors (Lipinski definition) is 1. The lowest BCUT2D eigenvalue weighted by atomic mass is 9.91. The number of thioether (sulfide) groups is 1. The fourth-order valence-electron chi connectivity index (χ4n) is 1.39. The first-order valence-electron chi connectivity index (χ1n) is 4.80. The first-order valence-corrected chi connectivity index (χ1v) is 5.95. The van der Waals surface area contributed by atoms with Gasteiger partial charge in [0, 0.05) is 0 Å². The van der Waals surface area contributed by atoms with Crippen LogP contribution >= 0.6 is 11.8 Å².